The summed E-state index contributed by atoms with van der Waals surface area (Å²) in [6, 6.07) is 57.9. The summed E-state index contributed by atoms with van der Waals surface area (Å²) in [6.45, 7) is 0.763. The molecule has 0 spiro atoms. The predicted molar refractivity (Wildman–Crippen MR) is 242 cm³/mol. The topological polar surface area (TPSA) is 67.7 Å². The molecule has 0 fully saturated rings. The molecule has 8 aromatic carbocycles. The summed E-state index contributed by atoms with van der Waals surface area (Å²) in [7, 11) is 0. The molecule has 0 N–H and O–H groups in total. The van der Waals surface area contributed by atoms with Gasteiger partial charge in [-0.25, -0.2) is 24.9 Å². The second-order valence-corrected chi connectivity index (χ2v) is 16.3. The van der Waals surface area contributed by atoms with Crippen molar-refractivity contribution in [1.29, 1.82) is 0 Å². The number of aromatic nitrogens is 5. The average molecular weight is 771 g/mol. The zero-order valence-electron chi connectivity index (χ0n) is 31.5. The van der Waals surface area contributed by atoms with E-state index >= 15 is 0 Å². The van der Waals surface area contributed by atoms with E-state index in [2.05, 4.69) is 132 Å². The van der Waals surface area contributed by atoms with Gasteiger partial charge in [0.1, 0.15) is 4.83 Å². The molecule has 13 rings (SSSR count). The predicted octanol–water partition coefficient (Wildman–Crippen LogP) is 13.3. The highest BCUT2D eigenvalue weighted by Crippen LogP contribution is 2.56. The number of nitrogens with zero attached hydrogens (tertiary/aromatic N) is 6. The van der Waals surface area contributed by atoms with E-state index in [1.165, 1.54) is 59.9 Å². The molecule has 2 aliphatic rings. The van der Waals surface area contributed by atoms with Crippen LogP contribution in [0.4, 0.5) is 11.4 Å². The summed E-state index contributed by atoms with van der Waals surface area (Å²) in [6.07, 6.45) is 2.01. The molecule has 0 bridgehead atoms. The summed E-state index contributed by atoms with van der Waals surface area (Å²) in [5, 5.41) is 7.07. The van der Waals surface area contributed by atoms with Crippen LogP contribution in [0.25, 0.3) is 110 Å². The fourth-order valence-corrected chi connectivity index (χ4v) is 10.3. The highest BCUT2D eigenvalue weighted by atomic mass is 32.1. The van der Waals surface area contributed by atoms with Gasteiger partial charge in [0.25, 0.3) is 0 Å². The molecule has 7 heteroatoms. The number of hydrogen-bond acceptors (Lipinski definition) is 7. The van der Waals surface area contributed by atoms with Gasteiger partial charge in [0.15, 0.2) is 23.3 Å². The third-order valence-electron chi connectivity index (χ3n) is 11.9. The zero-order valence-corrected chi connectivity index (χ0v) is 32.3. The van der Waals surface area contributed by atoms with Crippen LogP contribution in [0, 0.1) is 0 Å². The number of benzene rings is 8. The fourth-order valence-electron chi connectivity index (χ4n) is 9.19. The third kappa shape index (κ3) is 4.95. The molecule has 3 aromatic heterocycles. The molecule has 5 heterocycles. The first-order valence-electron chi connectivity index (χ1n) is 19.8. The van der Waals surface area contributed by atoms with Gasteiger partial charge in [-0.1, -0.05) is 127 Å². The highest BCUT2D eigenvalue weighted by Gasteiger charge is 2.33. The lowest BCUT2D eigenvalue weighted by Crippen LogP contribution is -2.24. The Labute approximate surface area is 342 Å². The van der Waals surface area contributed by atoms with Crippen molar-refractivity contribution in [3.8, 4) is 67.8 Å². The monoisotopic (exact) mass is 770 g/mol. The minimum atomic E-state index is 0.635. The summed E-state index contributed by atoms with van der Waals surface area (Å²) in [5.41, 5.74) is 12.2. The lowest BCUT2D eigenvalue weighted by atomic mass is 9.82. The Morgan fingerprint density at radius 2 is 1.08 bits per heavy atom. The van der Waals surface area contributed by atoms with E-state index in [1.54, 1.807) is 11.3 Å². The fraction of sp³-hybridized carbons (Fsp3) is 0.0192. The molecule has 6 nitrogen and oxygen atoms in total. The van der Waals surface area contributed by atoms with Gasteiger partial charge in [-0.2, -0.15) is 0 Å². The van der Waals surface area contributed by atoms with Gasteiger partial charge in [0.2, 0.25) is 0 Å². The normalized spacial score (nSPS) is 12.6. The zero-order chi connectivity index (χ0) is 38.6. The third-order valence-corrected chi connectivity index (χ3v) is 13.0. The Morgan fingerprint density at radius 3 is 1.85 bits per heavy atom. The molecule has 274 valence electrons. The molecular formula is C52H30N6S. The minimum Gasteiger partial charge on any atom is -0.335 e. The van der Waals surface area contributed by atoms with Crippen LogP contribution in [0.15, 0.2) is 170 Å². The Hall–Kier alpha value is -7.61. The summed E-state index contributed by atoms with van der Waals surface area (Å²) < 4.78 is 1.22. The maximum absolute atomic E-state index is 5.26. The molecule has 0 unspecified atom stereocenters. The molecule has 2 aliphatic heterocycles. The Morgan fingerprint density at radius 1 is 0.441 bits per heavy atom. The highest BCUT2D eigenvalue weighted by molar-refractivity contribution is 7.25. The van der Waals surface area contributed by atoms with E-state index < -0.39 is 0 Å². The number of hydrogen-bond donors (Lipinski definition) is 0. The van der Waals surface area contributed by atoms with Crippen LogP contribution in [0.1, 0.15) is 5.56 Å². The average Bonchev–Trinajstić information content (AvgIpc) is 3.66. The van der Waals surface area contributed by atoms with Gasteiger partial charge in [-0.3, -0.25) is 0 Å². The number of rotatable bonds is 4. The minimum absolute atomic E-state index is 0.635. The van der Waals surface area contributed by atoms with Crippen molar-refractivity contribution >= 4 is 64.6 Å². The van der Waals surface area contributed by atoms with Gasteiger partial charge < -0.3 is 4.90 Å². The first-order valence-corrected chi connectivity index (χ1v) is 20.6. The number of thiophene rings is 1. The van der Waals surface area contributed by atoms with Crippen molar-refractivity contribution in [2.24, 2.45) is 0 Å². The lowest BCUT2D eigenvalue weighted by Gasteiger charge is -2.39. The Bertz CT molecular complexity index is 3490. The smallest absolute Gasteiger partial charge is 0.164 e. The van der Waals surface area contributed by atoms with E-state index in [0.717, 1.165) is 55.8 Å². The molecule has 59 heavy (non-hydrogen) atoms. The molecule has 0 aliphatic carbocycles. The summed E-state index contributed by atoms with van der Waals surface area (Å²) in [5.74, 6) is 2.65. The molecule has 0 atom stereocenters. The van der Waals surface area contributed by atoms with E-state index in [1.807, 2.05) is 42.6 Å². The van der Waals surface area contributed by atoms with Crippen LogP contribution in [-0.2, 0) is 6.54 Å². The van der Waals surface area contributed by atoms with Crippen molar-refractivity contribution < 1.29 is 0 Å². The van der Waals surface area contributed by atoms with Crippen LogP contribution in [0.2, 0.25) is 0 Å². The van der Waals surface area contributed by atoms with Crippen LogP contribution >= 0.6 is 11.3 Å². The SMILES string of the molecule is c1ccc(-c2nc(-c3ccccc3)nc(-c3cc4c5c(c3)-c3cccc6c(-c7ncc8c(n7)sc7cc9ccccc9cc78)ccc(c36)N5Cc3ccccc3-4)n2)cc1. The molecule has 0 amide bonds. The van der Waals surface area contributed by atoms with Crippen molar-refractivity contribution in [1.82, 2.24) is 24.9 Å². The second-order valence-electron chi connectivity index (χ2n) is 15.3. The molecular weight excluding hydrogens is 741 g/mol. The van der Waals surface area contributed by atoms with E-state index in [4.69, 9.17) is 24.9 Å². The first kappa shape index (κ1) is 32.5. The number of fused-ring (bicyclic) bond motifs is 8. The standard InChI is InChI=1S/C52H30N6S/c1-3-12-30(13-4-1)48-54-49(31-14-5-2-6-15-31)56-50(55-48)35-25-41-36-19-10-9-18-34(36)29-58-44-23-22-39(37-20-11-21-38(46(37)44)42(26-35)47(41)58)51-53-28-43-40-24-32-16-7-8-17-33(32)27-45(40)59-52(43)57-51/h1-28H,29H2. The largest absolute Gasteiger partial charge is 0.335 e. The van der Waals surface area contributed by atoms with Gasteiger partial charge >= 0.3 is 0 Å². The maximum atomic E-state index is 5.26. The van der Waals surface area contributed by atoms with E-state index in [9.17, 15) is 0 Å². The van der Waals surface area contributed by atoms with Crippen molar-refractivity contribution in [3.63, 3.8) is 0 Å². The van der Waals surface area contributed by atoms with Crippen LogP contribution in [-0.4, -0.2) is 24.9 Å². The second kappa shape index (κ2) is 12.4. The summed E-state index contributed by atoms with van der Waals surface area (Å²) >= 11 is 1.73. The van der Waals surface area contributed by atoms with Gasteiger partial charge in [0, 0.05) is 67.0 Å². The van der Waals surface area contributed by atoms with E-state index in [0.29, 0.717) is 17.5 Å². The van der Waals surface area contributed by atoms with Crippen molar-refractivity contribution in [2.45, 2.75) is 6.54 Å². The molecule has 0 radical (unpaired) electrons. The lowest BCUT2D eigenvalue weighted by molar-refractivity contribution is 0.963. The summed E-state index contributed by atoms with van der Waals surface area (Å²) in [4.78, 5) is 29.1. The number of anilines is 2. The Balaban J connectivity index is 1.03. The first-order chi connectivity index (χ1) is 29.2. The van der Waals surface area contributed by atoms with Gasteiger partial charge in [-0.15, -0.1) is 11.3 Å². The van der Waals surface area contributed by atoms with Crippen LogP contribution in [0.3, 0.4) is 0 Å². The maximum Gasteiger partial charge on any atom is 0.164 e. The molecule has 0 saturated carbocycles. The quantitative estimate of drug-likeness (QED) is 0.178. The van der Waals surface area contributed by atoms with Crippen LogP contribution in [0.5, 0.6) is 0 Å². The molecule has 0 saturated heterocycles. The van der Waals surface area contributed by atoms with Crippen molar-refractivity contribution in [3.05, 3.63) is 176 Å². The van der Waals surface area contributed by atoms with Gasteiger partial charge in [-0.05, 0) is 69.2 Å². The molecule has 11 aromatic rings. The van der Waals surface area contributed by atoms with Crippen LogP contribution < -0.4 is 4.90 Å². The van der Waals surface area contributed by atoms with Gasteiger partial charge in [0.05, 0.1) is 11.4 Å². The Kier molecular flexibility index (Phi) is 6.85. The van der Waals surface area contributed by atoms with Crippen molar-refractivity contribution in [2.75, 3.05) is 4.90 Å². The van der Waals surface area contributed by atoms with E-state index in [-0.39, 0.29) is 0 Å².